The lowest BCUT2D eigenvalue weighted by Gasteiger charge is -2.12. The van der Waals surface area contributed by atoms with Crippen molar-refractivity contribution in [2.75, 3.05) is 10.5 Å². The van der Waals surface area contributed by atoms with E-state index in [2.05, 4.69) is 55.0 Å². The number of para-hydroxylation sites is 1. The zero-order chi connectivity index (χ0) is 26.1. The molecule has 0 radical (unpaired) electrons. The van der Waals surface area contributed by atoms with E-state index in [0.29, 0.717) is 12.1 Å². The van der Waals surface area contributed by atoms with Crippen LogP contribution in [0.3, 0.4) is 0 Å². The van der Waals surface area contributed by atoms with Gasteiger partial charge in [0, 0.05) is 24.7 Å². The van der Waals surface area contributed by atoms with Crippen molar-refractivity contribution in [3.05, 3.63) is 66.2 Å². The van der Waals surface area contributed by atoms with E-state index in [1.807, 2.05) is 24.3 Å². The van der Waals surface area contributed by atoms with Gasteiger partial charge in [-0.1, -0.05) is 107 Å². The van der Waals surface area contributed by atoms with Gasteiger partial charge < -0.3 is 0 Å². The number of fused-ring (bicyclic) bond motifs is 1. The van der Waals surface area contributed by atoms with Crippen molar-refractivity contribution in [2.24, 2.45) is 0 Å². The van der Waals surface area contributed by atoms with Crippen molar-refractivity contribution in [3.63, 3.8) is 0 Å². The van der Waals surface area contributed by atoms with E-state index in [9.17, 15) is 8.42 Å². The molecule has 0 saturated carbocycles. The lowest BCUT2D eigenvalue weighted by Crippen LogP contribution is -2.17. The summed E-state index contributed by atoms with van der Waals surface area (Å²) in [6.07, 6.45) is 11.9. The number of rotatable bonds is 15. The normalized spacial score (nSPS) is 11.8. The minimum atomic E-state index is -3.38. The Labute approximate surface area is 231 Å². The van der Waals surface area contributed by atoms with Crippen LogP contribution in [0.15, 0.2) is 60.7 Å². The first kappa shape index (κ1) is 27.9. The maximum atomic E-state index is 12.9. The van der Waals surface area contributed by atoms with Crippen molar-refractivity contribution in [1.82, 2.24) is 0 Å². The smallest absolute Gasteiger partial charge is 0.232 e. The van der Waals surface area contributed by atoms with Crippen molar-refractivity contribution in [2.45, 2.75) is 78.1 Å². The number of aryl methyl sites for hydroxylation is 1. The summed E-state index contributed by atoms with van der Waals surface area (Å²) in [6.45, 7) is 4.39. The quantitative estimate of drug-likeness (QED) is 0.149. The maximum absolute atomic E-state index is 12.9. The maximum Gasteiger partial charge on any atom is 0.232 e. The second-order valence-electron chi connectivity index (χ2n) is 9.91. The van der Waals surface area contributed by atoms with Gasteiger partial charge >= 0.3 is 0 Å². The minimum absolute atomic E-state index is 0.178. The van der Waals surface area contributed by atoms with E-state index >= 15 is 0 Å². The molecular weight excluding hydrogens is 515 g/mol. The van der Waals surface area contributed by atoms with E-state index in [1.54, 1.807) is 22.7 Å². The summed E-state index contributed by atoms with van der Waals surface area (Å²) in [4.78, 5) is 2.37. The number of hydrogen-bond acceptors (Lipinski definition) is 4. The zero-order valence-electron chi connectivity index (χ0n) is 22.1. The molecule has 2 heterocycles. The van der Waals surface area contributed by atoms with Crippen LogP contribution in [0.2, 0.25) is 0 Å². The standard InChI is InChI=1S/C31H39NO2S3/c1-3-4-5-6-7-8-9-10-11-16-21-37(33,34)32-27-20-15-14-19-26(27)29-23-31-30(36-29)22-28(35-31)25-18-13-12-17-24(25)2/h12-15,17-20,22-23,32H,3-11,16,21H2,1-2H3. The summed E-state index contributed by atoms with van der Waals surface area (Å²) in [5.41, 5.74) is 4.17. The van der Waals surface area contributed by atoms with Crippen LogP contribution in [0, 0.1) is 6.92 Å². The lowest BCUT2D eigenvalue weighted by molar-refractivity contribution is 0.558. The molecule has 2 aromatic heterocycles. The first-order valence-corrected chi connectivity index (χ1v) is 16.9. The Morgan fingerprint density at radius 1 is 0.676 bits per heavy atom. The van der Waals surface area contributed by atoms with Crippen molar-refractivity contribution >= 4 is 47.8 Å². The van der Waals surface area contributed by atoms with Gasteiger partial charge in [0.25, 0.3) is 0 Å². The summed E-state index contributed by atoms with van der Waals surface area (Å²) in [7, 11) is -3.38. The molecule has 2 aromatic carbocycles. The number of sulfonamides is 1. The van der Waals surface area contributed by atoms with Gasteiger partial charge in [0.05, 0.1) is 11.4 Å². The van der Waals surface area contributed by atoms with E-state index in [1.165, 1.54) is 70.3 Å². The zero-order valence-corrected chi connectivity index (χ0v) is 24.5. The van der Waals surface area contributed by atoms with Gasteiger partial charge in [0.2, 0.25) is 10.0 Å². The second-order valence-corrected chi connectivity index (χ2v) is 13.9. The van der Waals surface area contributed by atoms with Crippen LogP contribution in [0.25, 0.3) is 30.3 Å². The number of nitrogens with one attached hydrogen (secondary N) is 1. The molecule has 37 heavy (non-hydrogen) atoms. The Bertz CT molecular complexity index is 1350. The molecule has 0 saturated heterocycles. The summed E-state index contributed by atoms with van der Waals surface area (Å²) in [5, 5.41) is 0. The summed E-state index contributed by atoms with van der Waals surface area (Å²) < 4.78 is 31.1. The van der Waals surface area contributed by atoms with Crippen molar-refractivity contribution in [1.29, 1.82) is 0 Å². The summed E-state index contributed by atoms with van der Waals surface area (Å²) >= 11 is 3.52. The molecule has 0 atom stereocenters. The van der Waals surface area contributed by atoms with E-state index in [4.69, 9.17) is 0 Å². The van der Waals surface area contributed by atoms with Crippen molar-refractivity contribution < 1.29 is 8.42 Å². The molecule has 0 spiro atoms. The molecule has 1 N–H and O–H groups in total. The monoisotopic (exact) mass is 553 g/mol. The molecule has 0 aliphatic rings. The van der Waals surface area contributed by atoms with Gasteiger partial charge in [0.15, 0.2) is 0 Å². The van der Waals surface area contributed by atoms with Crippen molar-refractivity contribution in [3.8, 4) is 20.9 Å². The van der Waals surface area contributed by atoms with Crippen LogP contribution < -0.4 is 4.72 Å². The van der Waals surface area contributed by atoms with Crippen LogP contribution in [0.4, 0.5) is 5.69 Å². The third kappa shape index (κ3) is 7.92. The Balaban J connectivity index is 1.33. The fourth-order valence-electron chi connectivity index (χ4n) is 4.74. The average molecular weight is 554 g/mol. The molecule has 0 aliphatic heterocycles. The van der Waals surface area contributed by atoms with E-state index in [-0.39, 0.29) is 5.75 Å². The summed E-state index contributed by atoms with van der Waals surface area (Å²) in [5.74, 6) is 0.178. The number of benzene rings is 2. The highest BCUT2D eigenvalue weighted by atomic mass is 32.2. The molecule has 198 valence electrons. The van der Waals surface area contributed by atoms with Gasteiger partial charge in [-0.25, -0.2) is 8.42 Å². The molecular formula is C31H39NO2S3. The first-order valence-electron chi connectivity index (χ1n) is 13.7. The highest BCUT2D eigenvalue weighted by molar-refractivity contribution is 7.92. The van der Waals surface area contributed by atoms with Crippen LogP contribution in [0.5, 0.6) is 0 Å². The third-order valence-electron chi connectivity index (χ3n) is 6.84. The Hall–Kier alpha value is -2.15. The highest BCUT2D eigenvalue weighted by Crippen LogP contribution is 2.43. The number of hydrogen-bond donors (Lipinski definition) is 1. The minimum Gasteiger partial charge on any atom is -0.283 e. The van der Waals surface area contributed by atoms with Crippen LogP contribution in [-0.4, -0.2) is 14.2 Å². The van der Waals surface area contributed by atoms with Gasteiger partial charge in [0.1, 0.15) is 0 Å². The van der Waals surface area contributed by atoms with Gasteiger partial charge in [-0.3, -0.25) is 4.72 Å². The molecule has 0 unspecified atom stereocenters. The summed E-state index contributed by atoms with van der Waals surface area (Å²) in [6, 6.07) is 20.7. The van der Waals surface area contributed by atoms with E-state index in [0.717, 1.165) is 23.3 Å². The predicted octanol–water partition coefficient (Wildman–Crippen LogP) is 10.3. The molecule has 0 aliphatic carbocycles. The largest absolute Gasteiger partial charge is 0.283 e. The number of anilines is 1. The van der Waals surface area contributed by atoms with Gasteiger partial charge in [-0.05, 0) is 42.7 Å². The Morgan fingerprint density at radius 2 is 1.19 bits per heavy atom. The topological polar surface area (TPSA) is 46.2 Å². The van der Waals surface area contributed by atoms with Gasteiger partial charge in [-0.2, -0.15) is 0 Å². The molecule has 0 amide bonds. The first-order chi connectivity index (χ1) is 18.0. The van der Waals surface area contributed by atoms with Gasteiger partial charge in [-0.15, -0.1) is 22.7 Å². The van der Waals surface area contributed by atoms with Crippen LogP contribution >= 0.6 is 22.7 Å². The van der Waals surface area contributed by atoms with Crippen LogP contribution in [-0.2, 0) is 10.0 Å². The number of unbranched alkanes of at least 4 members (excludes halogenated alkanes) is 9. The molecule has 0 fully saturated rings. The fraction of sp³-hybridized carbons (Fsp3) is 0.419. The Kier molecular flexibility index (Phi) is 10.2. The molecule has 4 aromatic rings. The SMILES string of the molecule is CCCCCCCCCCCCS(=O)(=O)Nc1ccccc1-c1cc2sc(-c3ccccc3C)cc2s1. The highest BCUT2D eigenvalue weighted by Gasteiger charge is 2.16. The van der Waals surface area contributed by atoms with Crippen LogP contribution in [0.1, 0.15) is 76.7 Å². The predicted molar refractivity (Wildman–Crippen MR) is 165 cm³/mol. The number of thiophene rings is 2. The lowest BCUT2D eigenvalue weighted by atomic mass is 10.1. The van der Waals surface area contributed by atoms with E-state index < -0.39 is 10.0 Å². The molecule has 6 heteroatoms. The Morgan fingerprint density at radius 3 is 1.81 bits per heavy atom. The fourth-order valence-corrected chi connectivity index (χ4v) is 8.46. The third-order valence-corrected chi connectivity index (χ3v) is 10.6. The molecule has 4 rings (SSSR count). The second kappa shape index (κ2) is 13.6. The molecule has 3 nitrogen and oxygen atoms in total. The average Bonchev–Trinajstić information content (AvgIpc) is 3.45. The molecule has 0 bridgehead atoms.